The quantitative estimate of drug-likeness (QED) is 0.456. The van der Waals surface area contributed by atoms with Crippen molar-refractivity contribution in [2.75, 3.05) is 13.2 Å². The molecule has 4 rings (SSSR count). The van der Waals surface area contributed by atoms with Crippen molar-refractivity contribution in [2.45, 2.75) is 69.2 Å². The maximum atomic E-state index is 13.4. The molecule has 3 aliphatic heterocycles. The summed E-state index contributed by atoms with van der Waals surface area (Å²) < 4.78 is 5.33. The Hall–Kier alpha value is -2.12. The molecular formula is C25H32BrN3O3. The Morgan fingerprint density at radius 2 is 1.91 bits per heavy atom. The minimum Gasteiger partial charge on any atom is -0.377 e. The minimum absolute atomic E-state index is 0.0153. The van der Waals surface area contributed by atoms with Gasteiger partial charge in [-0.25, -0.2) is 0 Å². The molecule has 3 saturated heterocycles. The molecule has 0 aliphatic carbocycles. The molecule has 1 N–H and O–H groups in total. The smallest absolute Gasteiger partial charge is 0.247 e. The molecule has 4 atom stereocenters. The Balaban J connectivity index is 1.35. The molecule has 0 saturated carbocycles. The highest BCUT2D eigenvalue weighted by Crippen LogP contribution is 2.52. The van der Waals surface area contributed by atoms with Crippen LogP contribution in [0, 0.1) is 0 Å². The number of allylic oxidation sites excluding steroid dienone is 3. The molecule has 172 valence electrons. The van der Waals surface area contributed by atoms with Gasteiger partial charge in [0.05, 0.1) is 10.9 Å². The SMILES string of the molecule is C/C=C1/N[C@@H]2N3C(=O)[C@H](C)N(CCCCOCc4ccccc4)C(=O)[C@@H]3C[C@]2(Br)/C1=C/C. The van der Waals surface area contributed by atoms with Gasteiger partial charge in [0.15, 0.2) is 0 Å². The molecule has 3 fully saturated rings. The highest BCUT2D eigenvalue weighted by atomic mass is 79.9. The van der Waals surface area contributed by atoms with Crippen LogP contribution in [0.4, 0.5) is 0 Å². The number of carbonyl (C=O) groups is 2. The van der Waals surface area contributed by atoms with Crippen molar-refractivity contribution in [3.63, 3.8) is 0 Å². The van der Waals surface area contributed by atoms with Crippen LogP contribution >= 0.6 is 15.9 Å². The highest BCUT2D eigenvalue weighted by Gasteiger charge is 2.63. The highest BCUT2D eigenvalue weighted by molar-refractivity contribution is 9.10. The van der Waals surface area contributed by atoms with Gasteiger partial charge in [0, 0.05) is 25.3 Å². The molecular weight excluding hydrogens is 470 g/mol. The maximum absolute atomic E-state index is 13.4. The number of ether oxygens (including phenoxy) is 1. The molecule has 0 spiro atoms. The van der Waals surface area contributed by atoms with Gasteiger partial charge in [0.25, 0.3) is 0 Å². The van der Waals surface area contributed by atoms with Crippen molar-refractivity contribution in [3.05, 3.63) is 59.3 Å². The number of amides is 2. The molecule has 3 heterocycles. The van der Waals surface area contributed by atoms with Gasteiger partial charge in [-0.1, -0.05) is 58.4 Å². The normalized spacial score (nSPS) is 31.9. The zero-order chi connectivity index (χ0) is 22.9. The van der Waals surface area contributed by atoms with Crippen LogP contribution < -0.4 is 5.32 Å². The van der Waals surface area contributed by atoms with Gasteiger partial charge < -0.3 is 19.9 Å². The second-order valence-electron chi connectivity index (χ2n) is 8.73. The van der Waals surface area contributed by atoms with Crippen LogP contribution in [0.25, 0.3) is 0 Å². The van der Waals surface area contributed by atoms with E-state index in [4.69, 9.17) is 4.74 Å². The summed E-state index contributed by atoms with van der Waals surface area (Å²) in [6, 6.07) is 9.21. The predicted molar refractivity (Wildman–Crippen MR) is 128 cm³/mol. The van der Waals surface area contributed by atoms with Gasteiger partial charge in [-0.15, -0.1) is 0 Å². The summed E-state index contributed by atoms with van der Waals surface area (Å²) in [5, 5.41) is 3.47. The lowest BCUT2D eigenvalue weighted by Gasteiger charge is -2.42. The Morgan fingerprint density at radius 1 is 1.16 bits per heavy atom. The van der Waals surface area contributed by atoms with Gasteiger partial charge in [-0.05, 0) is 44.7 Å². The number of nitrogens with one attached hydrogen (secondary N) is 1. The molecule has 32 heavy (non-hydrogen) atoms. The first-order chi connectivity index (χ1) is 15.4. The lowest BCUT2D eigenvalue weighted by Crippen LogP contribution is -2.65. The third kappa shape index (κ3) is 3.90. The van der Waals surface area contributed by atoms with E-state index in [1.807, 2.05) is 57.2 Å². The van der Waals surface area contributed by atoms with Gasteiger partial charge in [-0.2, -0.15) is 0 Å². The number of benzene rings is 1. The topological polar surface area (TPSA) is 61.9 Å². The Bertz CT molecular complexity index is 932. The molecule has 3 aliphatic rings. The van der Waals surface area contributed by atoms with Crippen LogP contribution in [0.5, 0.6) is 0 Å². The summed E-state index contributed by atoms with van der Waals surface area (Å²) in [6.45, 7) is 7.65. The van der Waals surface area contributed by atoms with E-state index in [0.29, 0.717) is 26.2 Å². The molecule has 6 nitrogen and oxygen atoms in total. The van der Waals surface area contributed by atoms with E-state index in [1.54, 1.807) is 9.80 Å². The number of carbonyl (C=O) groups excluding carboxylic acids is 2. The van der Waals surface area contributed by atoms with Crippen LogP contribution in [0.2, 0.25) is 0 Å². The predicted octanol–water partition coefficient (Wildman–Crippen LogP) is 3.73. The summed E-state index contributed by atoms with van der Waals surface area (Å²) in [4.78, 5) is 30.3. The number of rotatable bonds is 7. The van der Waals surface area contributed by atoms with Crippen LogP contribution in [0.1, 0.15) is 45.6 Å². The molecule has 0 bridgehead atoms. The van der Waals surface area contributed by atoms with E-state index >= 15 is 0 Å². The number of hydrogen-bond donors (Lipinski definition) is 1. The molecule has 0 unspecified atom stereocenters. The summed E-state index contributed by atoms with van der Waals surface area (Å²) in [7, 11) is 0. The standard InChI is InChI=1S/C25H32BrN3O3/c1-4-19-20(5-2)27-24-25(19,26)15-21-23(31)28(17(3)22(30)29(21)24)13-9-10-14-32-16-18-11-7-6-8-12-18/h4-8,11-12,17,21,24,27H,9-10,13-16H2,1-3H3/b19-4+,20-5+/t17-,21-,24+,25-/m0/s1. The third-order valence-electron chi connectivity index (χ3n) is 6.84. The average molecular weight is 502 g/mol. The van der Waals surface area contributed by atoms with Gasteiger partial charge in [-0.3, -0.25) is 9.59 Å². The fourth-order valence-electron chi connectivity index (χ4n) is 5.19. The van der Waals surface area contributed by atoms with Crippen molar-refractivity contribution in [2.24, 2.45) is 0 Å². The summed E-state index contributed by atoms with van der Waals surface area (Å²) in [5.74, 6) is 0.0661. The molecule has 1 aromatic rings. The fourth-order valence-corrected chi connectivity index (χ4v) is 6.27. The molecule has 7 heteroatoms. The molecule has 0 aromatic heterocycles. The van der Waals surface area contributed by atoms with E-state index in [9.17, 15) is 9.59 Å². The largest absolute Gasteiger partial charge is 0.377 e. The summed E-state index contributed by atoms with van der Waals surface area (Å²) in [5.41, 5.74) is 3.30. The number of halogens is 1. The first-order valence-electron chi connectivity index (χ1n) is 11.5. The van der Waals surface area contributed by atoms with Crippen molar-refractivity contribution < 1.29 is 14.3 Å². The first-order valence-corrected chi connectivity index (χ1v) is 12.2. The van der Waals surface area contributed by atoms with E-state index in [1.165, 1.54) is 0 Å². The lowest BCUT2D eigenvalue weighted by molar-refractivity contribution is -0.160. The zero-order valence-electron chi connectivity index (χ0n) is 19.0. The number of nitrogens with zero attached hydrogens (tertiary/aromatic N) is 2. The number of hydrogen-bond acceptors (Lipinski definition) is 4. The third-order valence-corrected chi connectivity index (χ3v) is 8.03. The first kappa shape index (κ1) is 23.1. The van der Waals surface area contributed by atoms with E-state index in [0.717, 1.165) is 29.7 Å². The lowest BCUT2D eigenvalue weighted by atomic mass is 9.94. The van der Waals surface area contributed by atoms with Crippen molar-refractivity contribution in [1.82, 2.24) is 15.1 Å². The number of unbranched alkanes of at least 4 members (excludes halogenated alkanes) is 1. The summed E-state index contributed by atoms with van der Waals surface area (Å²) in [6.07, 6.45) is 6.10. The average Bonchev–Trinajstić information content (AvgIpc) is 3.25. The van der Waals surface area contributed by atoms with Crippen LogP contribution in [0.15, 0.2) is 53.8 Å². The van der Waals surface area contributed by atoms with E-state index < -0.39 is 16.4 Å². The Morgan fingerprint density at radius 3 is 2.59 bits per heavy atom. The van der Waals surface area contributed by atoms with E-state index in [-0.39, 0.29) is 18.0 Å². The van der Waals surface area contributed by atoms with Crippen molar-refractivity contribution in [1.29, 1.82) is 0 Å². The van der Waals surface area contributed by atoms with E-state index in [2.05, 4.69) is 27.3 Å². The summed E-state index contributed by atoms with van der Waals surface area (Å²) >= 11 is 3.91. The second-order valence-corrected chi connectivity index (χ2v) is 10.1. The van der Waals surface area contributed by atoms with Crippen LogP contribution in [0.3, 0.4) is 0 Å². The monoisotopic (exact) mass is 501 g/mol. The number of fused-ring (bicyclic) bond motifs is 3. The van der Waals surface area contributed by atoms with Crippen molar-refractivity contribution in [3.8, 4) is 0 Å². The van der Waals surface area contributed by atoms with Gasteiger partial charge >= 0.3 is 0 Å². The number of piperazine rings is 1. The number of alkyl halides is 1. The zero-order valence-corrected chi connectivity index (χ0v) is 20.6. The van der Waals surface area contributed by atoms with Gasteiger partial charge in [0.1, 0.15) is 18.2 Å². The molecule has 1 aromatic carbocycles. The Kier molecular flexibility index (Phi) is 6.77. The fraction of sp³-hybridized carbons (Fsp3) is 0.520. The van der Waals surface area contributed by atoms with Crippen molar-refractivity contribution >= 4 is 27.7 Å². The Labute approximate surface area is 198 Å². The van der Waals surface area contributed by atoms with Crippen LogP contribution in [-0.4, -0.2) is 57.3 Å². The minimum atomic E-state index is -0.454. The van der Waals surface area contributed by atoms with Crippen LogP contribution in [-0.2, 0) is 20.9 Å². The van der Waals surface area contributed by atoms with Gasteiger partial charge in [0.2, 0.25) is 11.8 Å². The maximum Gasteiger partial charge on any atom is 0.247 e. The second kappa shape index (κ2) is 9.40. The molecule has 2 amide bonds. The molecule has 0 radical (unpaired) electrons.